The molecule has 0 saturated heterocycles. The lowest BCUT2D eigenvalue weighted by atomic mass is 9.76. The van der Waals surface area contributed by atoms with Crippen molar-refractivity contribution in [2.75, 3.05) is 13.7 Å². The maximum atomic E-state index is 9.43. The van der Waals surface area contributed by atoms with Gasteiger partial charge in [-0.15, -0.1) is 0 Å². The predicted octanol–water partition coefficient (Wildman–Crippen LogP) is 2.53. The molecule has 2 unspecified atom stereocenters. The van der Waals surface area contributed by atoms with Gasteiger partial charge in [-0.05, 0) is 32.1 Å². The minimum absolute atomic E-state index is 0.0439. The number of hydrogen-bond donors (Lipinski definition) is 1. The summed E-state index contributed by atoms with van der Waals surface area (Å²) >= 11 is 0. The van der Waals surface area contributed by atoms with Gasteiger partial charge in [0, 0.05) is 18.9 Å². The summed E-state index contributed by atoms with van der Waals surface area (Å²) in [7, 11) is 0.157. The number of methoxy groups -OCH3 is 1. The Balaban J connectivity index is 2.78. The molecule has 0 heterocycles. The Kier molecular flexibility index (Phi) is 4.21. The van der Waals surface area contributed by atoms with E-state index in [2.05, 4.69) is 26.6 Å². The molecule has 1 aliphatic carbocycles. The third-order valence-corrected chi connectivity index (χ3v) is 3.89. The number of ether oxygens (including phenoxy) is 1. The first kappa shape index (κ1) is 13.7. The zero-order valence-corrected chi connectivity index (χ0v) is 12.0. The average molecular weight is 244 g/mol. The molecule has 4 heteroatoms. The molecule has 0 spiro atoms. The van der Waals surface area contributed by atoms with Crippen LogP contribution in [0.1, 0.15) is 19.8 Å². The fourth-order valence-corrected chi connectivity index (χ4v) is 2.96. The van der Waals surface area contributed by atoms with Crippen molar-refractivity contribution in [3.63, 3.8) is 0 Å². The van der Waals surface area contributed by atoms with E-state index in [0.29, 0.717) is 0 Å². The van der Waals surface area contributed by atoms with Gasteiger partial charge >= 0.3 is 0 Å². The lowest BCUT2D eigenvalue weighted by molar-refractivity contribution is -0.0204. The van der Waals surface area contributed by atoms with Crippen LogP contribution in [0.4, 0.5) is 0 Å². The zero-order valence-electron chi connectivity index (χ0n) is 11.0. The second kappa shape index (κ2) is 4.90. The molecule has 1 rings (SSSR count). The summed E-state index contributed by atoms with van der Waals surface area (Å²) in [5, 5.41) is 9.43. The Hall–Kier alpha value is -0.323. The van der Waals surface area contributed by atoms with Gasteiger partial charge in [0.25, 0.3) is 0 Å². The summed E-state index contributed by atoms with van der Waals surface area (Å²) in [6.45, 7) is 8.74. The van der Waals surface area contributed by atoms with Gasteiger partial charge in [-0.1, -0.05) is 6.92 Å². The van der Waals surface area contributed by atoms with Crippen LogP contribution in [0.2, 0.25) is 19.6 Å². The van der Waals surface area contributed by atoms with Gasteiger partial charge in [0.05, 0.1) is 18.5 Å². The molecule has 16 heavy (non-hydrogen) atoms. The lowest BCUT2D eigenvalue weighted by Gasteiger charge is -2.38. The summed E-state index contributed by atoms with van der Waals surface area (Å²) in [6, 6.07) is 0. The molecule has 1 N–H and O–H groups in total. The summed E-state index contributed by atoms with van der Waals surface area (Å²) in [5.41, 5.74) is -0.166. The third-order valence-electron chi connectivity index (χ3n) is 3.02. The first-order valence-electron chi connectivity index (χ1n) is 5.84. The largest absolute Gasteiger partial charge is 0.547 e. The monoisotopic (exact) mass is 244 g/mol. The molecule has 94 valence electrons. The van der Waals surface area contributed by atoms with Gasteiger partial charge in [-0.25, -0.2) is 0 Å². The van der Waals surface area contributed by atoms with Gasteiger partial charge in [-0.3, -0.25) is 0 Å². The van der Waals surface area contributed by atoms with Crippen molar-refractivity contribution < 1.29 is 14.3 Å². The van der Waals surface area contributed by atoms with Crippen molar-refractivity contribution in [1.29, 1.82) is 0 Å². The van der Waals surface area contributed by atoms with E-state index in [1.54, 1.807) is 7.11 Å². The van der Waals surface area contributed by atoms with E-state index in [0.717, 1.165) is 18.6 Å². The molecule has 1 aliphatic rings. The third kappa shape index (κ3) is 3.33. The summed E-state index contributed by atoms with van der Waals surface area (Å²) in [4.78, 5) is 0. The van der Waals surface area contributed by atoms with Gasteiger partial charge in [0.2, 0.25) is 8.32 Å². The van der Waals surface area contributed by atoms with Crippen LogP contribution in [0.15, 0.2) is 11.8 Å². The van der Waals surface area contributed by atoms with Gasteiger partial charge in [-0.2, -0.15) is 0 Å². The molecule has 0 bridgehead atoms. The molecule has 0 fully saturated rings. The topological polar surface area (TPSA) is 38.7 Å². The van der Waals surface area contributed by atoms with Crippen LogP contribution < -0.4 is 0 Å². The standard InChI is InChI=1S/C12H24O3Si/c1-12(9-13)7-6-10(8-11(12)14-2)15-16(3,4)5/h8,11,13H,6-7,9H2,1-5H3. The summed E-state index contributed by atoms with van der Waals surface area (Å²) in [6.07, 6.45) is 3.81. The van der Waals surface area contributed by atoms with Gasteiger partial charge in [0.1, 0.15) is 0 Å². The molecular formula is C12H24O3Si. The maximum Gasteiger partial charge on any atom is 0.241 e. The highest BCUT2D eigenvalue weighted by atomic mass is 28.4. The second-order valence-corrected chi connectivity index (χ2v) is 10.2. The molecule has 0 aromatic rings. The first-order valence-corrected chi connectivity index (χ1v) is 9.25. The number of rotatable bonds is 4. The highest BCUT2D eigenvalue weighted by molar-refractivity contribution is 6.70. The molecular weight excluding hydrogens is 220 g/mol. The predicted molar refractivity (Wildman–Crippen MR) is 67.7 cm³/mol. The van der Waals surface area contributed by atoms with Crippen LogP contribution in [0.5, 0.6) is 0 Å². The van der Waals surface area contributed by atoms with Crippen molar-refractivity contribution in [3.8, 4) is 0 Å². The maximum absolute atomic E-state index is 9.43. The molecule has 0 aliphatic heterocycles. The molecule has 0 aromatic carbocycles. The van der Waals surface area contributed by atoms with Crippen LogP contribution in [0.3, 0.4) is 0 Å². The van der Waals surface area contributed by atoms with E-state index < -0.39 is 8.32 Å². The van der Waals surface area contributed by atoms with Crippen LogP contribution in [-0.4, -0.2) is 33.2 Å². The van der Waals surface area contributed by atoms with Crippen molar-refractivity contribution >= 4 is 8.32 Å². The highest BCUT2D eigenvalue weighted by Gasteiger charge is 2.37. The minimum Gasteiger partial charge on any atom is -0.547 e. The smallest absolute Gasteiger partial charge is 0.241 e. The Morgan fingerprint density at radius 3 is 2.56 bits per heavy atom. The second-order valence-electron chi connectivity index (χ2n) is 5.82. The summed E-state index contributed by atoms with van der Waals surface area (Å²) < 4.78 is 11.4. The summed E-state index contributed by atoms with van der Waals surface area (Å²) in [5.74, 6) is 1.04. The Labute approximate surface area is 99.6 Å². The first-order chi connectivity index (χ1) is 7.30. The molecule has 0 saturated carbocycles. The molecule has 0 amide bonds. The Morgan fingerprint density at radius 1 is 1.50 bits per heavy atom. The van der Waals surface area contributed by atoms with E-state index >= 15 is 0 Å². The van der Waals surface area contributed by atoms with E-state index in [1.807, 2.05) is 6.08 Å². The quantitative estimate of drug-likeness (QED) is 0.772. The highest BCUT2D eigenvalue weighted by Crippen LogP contribution is 2.37. The number of aliphatic hydroxyl groups is 1. The van der Waals surface area contributed by atoms with Crippen LogP contribution >= 0.6 is 0 Å². The molecule has 3 nitrogen and oxygen atoms in total. The lowest BCUT2D eigenvalue weighted by Crippen LogP contribution is -2.40. The Bertz CT molecular complexity index is 270. The van der Waals surface area contributed by atoms with Gasteiger partial charge < -0.3 is 14.3 Å². The normalized spacial score (nSPS) is 31.1. The fraction of sp³-hybridized carbons (Fsp3) is 0.833. The van der Waals surface area contributed by atoms with Crippen LogP contribution in [0, 0.1) is 5.41 Å². The van der Waals surface area contributed by atoms with Crippen molar-refractivity contribution in [1.82, 2.24) is 0 Å². The molecule has 2 atom stereocenters. The average Bonchev–Trinajstić information content (AvgIpc) is 2.19. The van der Waals surface area contributed by atoms with E-state index in [4.69, 9.17) is 9.16 Å². The number of allylic oxidation sites excluding steroid dienone is 1. The van der Waals surface area contributed by atoms with E-state index in [9.17, 15) is 5.11 Å². The fourth-order valence-electron chi connectivity index (χ4n) is 2.00. The number of aliphatic hydroxyl groups excluding tert-OH is 1. The van der Waals surface area contributed by atoms with E-state index in [1.165, 1.54) is 0 Å². The van der Waals surface area contributed by atoms with Gasteiger partial charge in [0.15, 0.2) is 0 Å². The Morgan fingerprint density at radius 2 is 2.12 bits per heavy atom. The van der Waals surface area contributed by atoms with Crippen LogP contribution in [-0.2, 0) is 9.16 Å². The SMILES string of the molecule is COC1C=C(O[Si](C)(C)C)CCC1(C)CO. The van der Waals surface area contributed by atoms with Crippen molar-refractivity contribution in [3.05, 3.63) is 11.8 Å². The number of hydrogen-bond acceptors (Lipinski definition) is 3. The van der Waals surface area contributed by atoms with E-state index in [-0.39, 0.29) is 18.1 Å². The van der Waals surface area contributed by atoms with Crippen LogP contribution in [0.25, 0.3) is 0 Å². The minimum atomic E-state index is -1.53. The van der Waals surface area contributed by atoms with Crippen molar-refractivity contribution in [2.45, 2.75) is 45.5 Å². The molecule has 0 radical (unpaired) electrons. The molecule has 0 aromatic heterocycles. The van der Waals surface area contributed by atoms with Crippen molar-refractivity contribution in [2.24, 2.45) is 5.41 Å². The zero-order chi connectivity index (χ0) is 12.4.